The molecule has 1 aromatic heterocycles. The second kappa shape index (κ2) is 3.23. The van der Waals surface area contributed by atoms with E-state index in [9.17, 15) is 9.18 Å². The molecule has 2 rings (SSSR count). The number of benzene rings is 1. The van der Waals surface area contributed by atoms with Crippen LogP contribution in [0.15, 0.2) is 12.4 Å². The number of rotatable bonds is 2. The van der Waals surface area contributed by atoms with Gasteiger partial charge in [-0.3, -0.25) is 4.79 Å². The van der Waals surface area contributed by atoms with Crippen molar-refractivity contribution in [1.82, 2.24) is 9.97 Å². The highest BCUT2D eigenvalue weighted by molar-refractivity contribution is 5.98. The highest BCUT2D eigenvalue weighted by Crippen LogP contribution is 2.27. The lowest BCUT2D eigenvalue weighted by Crippen LogP contribution is -2.13. The van der Waals surface area contributed by atoms with Gasteiger partial charge < -0.3 is 15.5 Å². The summed E-state index contributed by atoms with van der Waals surface area (Å²) >= 11 is 0. The number of primary amides is 1. The normalized spacial score (nSPS) is 10.5. The van der Waals surface area contributed by atoms with Gasteiger partial charge in [0.1, 0.15) is 16.8 Å². The Morgan fingerprint density at radius 3 is 3.00 bits per heavy atom. The fourth-order valence-electron chi connectivity index (χ4n) is 1.38. The fraction of sp³-hybridized carbons (Fsp3) is 0.111. The van der Waals surface area contributed by atoms with Crippen LogP contribution >= 0.6 is 0 Å². The van der Waals surface area contributed by atoms with E-state index in [1.54, 1.807) is 0 Å². The predicted molar refractivity (Wildman–Crippen MR) is 51.1 cm³/mol. The summed E-state index contributed by atoms with van der Waals surface area (Å²) < 4.78 is 18.6. The van der Waals surface area contributed by atoms with E-state index in [0.717, 1.165) is 0 Å². The Morgan fingerprint density at radius 1 is 1.67 bits per heavy atom. The van der Waals surface area contributed by atoms with Gasteiger partial charge in [0.2, 0.25) is 0 Å². The Bertz CT molecular complexity index is 535. The van der Waals surface area contributed by atoms with Crippen molar-refractivity contribution in [2.24, 2.45) is 5.73 Å². The average molecular weight is 209 g/mol. The SMILES string of the molecule is COc1cc(C(N)=O)c(F)c2nc[nH]c12. The first-order valence-corrected chi connectivity index (χ1v) is 4.14. The second-order valence-electron chi connectivity index (χ2n) is 2.93. The third-order valence-corrected chi connectivity index (χ3v) is 2.09. The maximum atomic E-state index is 13.6. The highest BCUT2D eigenvalue weighted by atomic mass is 19.1. The van der Waals surface area contributed by atoms with Gasteiger partial charge in [0.05, 0.1) is 19.0 Å². The number of nitrogens with one attached hydrogen (secondary N) is 1. The van der Waals surface area contributed by atoms with Gasteiger partial charge in [-0.2, -0.15) is 0 Å². The summed E-state index contributed by atoms with van der Waals surface area (Å²) in [6.07, 6.45) is 1.32. The summed E-state index contributed by atoms with van der Waals surface area (Å²) in [6, 6.07) is 1.25. The van der Waals surface area contributed by atoms with E-state index in [1.807, 2.05) is 0 Å². The van der Waals surface area contributed by atoms with Crippen molar-refractivity contribution in [3.05, 3.63) is 23.8 Å². The number of halogens is 1. The molecule has 0 spiro atoms. The van der Waals surface area contributed by atoms with Crippen LogP contribution in [0.25, 0.3) is 11.0 Å². The number of nitrogens with two attached hydrogens (primary N) is 1. The molecule has 0 aliphatic carbocycles. The van der Waals surface area contributed by atoms with Crippen LogP contribution in [0.2, 0.25) is 0 Å². The number of aromatic nitrogens is 2. The third kappa shape index (κ3) is 1.30. The van der Waals surface area contributed by atoms with Crippen molar-refractivity contribution in [2.75, 3.05) is 7.11 Å². The first-order valence-electron chi connectivity index (χ1n) is 4.14. The molecule has 0 saturated heterocycles. The number of ether oxygens (including phenoxy) is 1. The van der Waals surface area contributed by atoms with Gasteiger partial charge in [-0.15, -0.1) is 0 Å². The van der Waals surface area contributed by atoms with Gasteiger partial charge in [0.25, 0.3) is 5.91 Å². The number of fused-ring (bicyclic) bond motifs is 1. The lowest BCUT2D eigenvalue weighted by atomic mass is 10.1. The molecule has 0 atom stereocenters. The Hall–Kier alpha value is -2.11. The number of carbonyl (C=O) groups is 1. The Balaban J connectivity index is 2.84. The molecule has 0 saturated carbocycles. The van der Waals surface area contributed by atoms with E-state index in [1.165, 1.54) is 19.5 Å². The number of carbonyl (C=O) groups excluding carboxylic acids is 1. The molecule has 1 amide bonds. The molecule has 0 unspecified atom stereocenters. The molecule has 1 heterocycles. The van der Waals surface area contributed by atoms with Crippen molar-refractivity contribution in [3.63, 3.8) is 0 Å². The maximum absolute atomic E-state index is 13.6. The van der Waals surface area contributed by atoms with E-state index in [-0.39, 0.29) is 11.1 Å². The predicted octanol–water partition coefficient (Wildman–Crippen LogP) is 0.809. The lowest BCUT2D eigenvalue weighted by Gasteiger charge is -2.04. The van der Waals surface area contributed by atoms with Crippen LogP contribution in [-0.4, -0.2) is 23.0 Å². The second-order valence-corrected chi connectivity index (χ2v) is 2.93. The minimum absolute atomic E-state index is 0.0446. The fourth-order valence-corrected chi connectivity index (χ4v) is 1.38. The Morgan fingerprint density at radius 2 is 2.40 bits per heavy atom. The van der Waals surface area contributed by atoms with Crippen LogP contribution in [0.4, 0.5) is 4.39 Å². The topological polar surface area (TPSA) is 81.0 Å². The molecule has 78 valence electrons. The molecule has 1 aromatic carbocycles. The summed E-state index contributed by atoms with van der Waals surface area (Å²) in [7, 11) is 1.41. The molecule has 5 nitrogen and oxygen atoms in total. The van der Waals surface area contributed by atoms with Crippen LogP contribution in [0.3, 0.4) is 0 Å². The van der Waals surface area contributed by atoms with Gasteiger partial charge in [-0.25, -0.2) is 9.37 Å². The van der Waals surface area contributed by atoms with E-state index < -0.39 is 11.7 Å². The number of methoxy groups -OCH3 is 1. The summed E-state index contributed by atoms with van der Waals surface area (Å²) in [5.41, 5.74) is 5.24. The number of nitrogens with zero attached hydrogens (tertiary/aromatic N) is 1. The smallest absolute Gasteiger partial charge is 0.251 e. The van der Waals surface area contributed by atoms with Crippen LogP contribution in [0.1, 0.15) is 10.4 Å². The number of imidazole rings is 1. The first kappa shape index (κ1) is 9.45. The molecule has 2 aromatic rings. The van der Waals surface area contributed by atoms with Crippen molar-refractivity contribution < 1.29 is 13.9 Å². The standard InChI is InChI=1S/C9H8FN3O2/c1-15-5-2-4(9(11)14)6(10)8-7(5)12-3-13-8/h2-3H,1H3,(H2,11,14)(H,12,13). The number of amides is 1. The number of aromatic amines is 1. The molecule has 0 radical (unpaired) electrons. The first-order chi connectivity index (χ1) is 7.15. The van der Waals surface area contributed by atoms with Crippen molar-refractivity contribution >= 4 is 16.9 Å². The van der Waals surface area contributed by atoms with Gasteiger partial charge in [0, 0.05) is 0 Å². The summed E-state index contributed by atoms with van der Waals surface area (Å²) in [5, 5.41) is 0. The number of hydrogen-bond acceptors (Lipinski definition) is 3. The quantitative estimate of drug-likeness (QED) is 0.767. The van der Waals surface area contributed by atoms with Gasteiger partial charge in [0.15, 0.2) is 5.82 Å². The molecular weight excluding hydrogens is 201 g/mol. The van der Waals surface area contributed by atoms with Crippen molar-refractivity contribution in [1.29, 1.82) is 0 Å². The average Bonchev–Trinajstić information content (AvgIpc) is 2.67. The summed E-state index contributed by atoms with van der Waals surface area (Å²) in [4.78, 5) is 17.4. The monoisotopic (exact) mass is 209 g/mol. The lowest BCUT2D eigenvalue weighted by molar-refractivity contribution is 0.0996. The zero-order chi connectivity index (χ0) is 11.0. The molecule has 0 fully saturated rings. The molecule has 15 heavy (non-hydrogen) atoms. The summed E-state index contributed by atoms with van der Waals surface area (Å²) in [5.74, 6) is -1.26. The van der Waals surface area contributed by atoms with Crippen LogP contribution < -0.4 is 10.5 Å². The van der Waals surface area contributed by atoms with Crippen LogP contribution in [-0.2, 0) is 0 Å². The van der Waals surface area contributed by atoms with E-state index in [0.29, 0.717) is 11.3 Å². The minimum atomic E-state index is -0.851. The molecule has 0 aliphatic rings. The Labute approximate surface area is 84.1 Å². The van der Waals surface area contributed by atoms with Gasteiger partial charge in [-0.1, -0.05) is 0 Å². The molecule has 3 N–H and O–H groups in total. The van der Waals surface area contributed by atoms with Crippen molar-refractivity contribution in [3.8, 4) is 5.75 Å². The van der Waals surface area contributed by atoms with Crippen LogP contribution in [0.5, 0.6) is 5.75 Å². The third-order valence-electron chi connectivity index (χ3n) is 2.09. The van der Waals surface area contributed by atoms with E-state index >= 15 is 0 Å². The number of hydrogen-bond donors (Lipinski definition) is 2. The molecule has 0 bridgehead atoms. The molecule has 0 aliphatic heterocycles. The van der Waals surface area contributed by atoms with E-state index in [2.05, 4.69) is 9.97 Å². The molecular formula is C9H8FN3O2. The highest BCUT2D eigenvalue weighted by Gasteiger charge is 2.17. The van der Waals surface area contributed by atoms with E-state index in [4.69, 9.17) is 10.5 Å². The molecule has 6 heteroatoms. The van der Waals surface area contributed by atoms with Crippen molar-refractivity contribution in [2.45, 2.75) is 0 Å². The Kier molecular flexibility index (Phi) is 2.03. The largest absolute Gasteiger partial charge is 0.494 e. The maximum Gasteiger partial charge on any atom is 0.251 e. The van der Waals surface area contributed by atoms with Crippen LogP contribution in [0, 0.1) is 5.82 Å². The minimum Gasteiger partial charge on any atom is -0.494 e. The zero-order valence-electron chi connectivity index (χ0n) is 7.87. The van der Waals surface area contributed by atoms with Gasteiger partial charge >= 0.3 is 0 Å². The van der Waals surface area contributed by atoms with Gasteiger partial charge in [-0.05, 0) is 6.07 Å². The number of H-pyrrole nitrogens is 1. The zero-order valence-corrected chi connectivity index (χ0v) is 7.87. The summed E-state index contributed by atoms with van der Waals surface area (Å²) in [6.45, 7) is 0.